The molecule has 1 N–H and O–H groups in total. The molecule has 0 fully saturated rings. The second-order valence-corrected chi connectivity index (χ2v) is 6.65. The van der Waals surface area contributed by atoms with E-state index in [2.05, 4.69) is 12.2 Å². The first-order chi connectivity index (χ1) is 5.91. The minimum absolute atomic E-state index is 0.0805. The van der Waals surface area contributed by atoms with Gasteiger partial charge in [0.05, 0.1) is 0 Å². The average Bonchev–Trinajstić information content (AvgIpc) is 2.01. The third kappa shape index (κ3) is 5.42. The van der Waals surface area contributed by atoms with Crippen LogP contribution in [0.4, 0.5) is 0 Å². The molecular weight excluding hydrogens is 182 g/mol. The molecular formula is C10H23NOS. The van der Waals surface area contributed by atoms with Gasteiger partial charge in [0.2, 0.25) is 0 Å². The molecule has 2 nitrogen and oxygen atoms in total. The van der Waals surface area contributed by atoms with Crippen LogP contribution in [-0.2, 0) is 10.8 Å². The topological polar surface area (TPSA) is 29.1 Å². The Balaban J connectivity index is 4.01. The van der Waals surface area contributed by atoms with Crippen molar-refractivity contribution in [3.05, 3.63) is 0 Å². The summed E-state index contributed by atoms with van der Waals surface area (Å²) in [6, 6.07) is 0.407. The Morgan fingerprint density at radius 1 is 1.38 bits per heavy atom. The molecule has 0 saturated carbocycles. The summed E-state index contributed by atoms with van der Waals surface area (Å²) in [7, 11) is 1.21. The fraction of sp³-hybridized carbons (Fsp3) is 1.00. The fourth-order valence-corrected chi connectivity index (χ4v) is 2.29. The predicted octanol–water partition coefficient (Wildman–Crippen LogP) is 1.92. The summed E-state index contributed by atoms with van der Waals surface area (Å²) in [6.45, 7) is 8.25. The average molecular weight is 205 g/mol. The molecule has 0 aliphatic heterocycles. The summed E-state index contributed by atoms with van der Waals surface area (Å²) in [5.74, 6) is 0.772. The van der Waals surface area contributed by atoms with E-state index < -0.39 is 10.8 Å². The number of hydrogen-bond donors (Lipinski definition) is 1. The molecule has 0 spiro atoms. The van der Waals surface area contributed by atoms with Crippen LogP contribution in [0.1, 0.15) is 40.5 Å². The molecule has 2 unspecified atom stereocenters. The van der Waals surface area contributed by atoms with E-state index in [-0.39, 0.29) is 4.75 Å². The minimum atomic E-state index is -0.731. The predicted molar refractivity (Wildman–Crippen MR) is 60.5 cm³/mol. The first-order valence-corrected chi connectivity index (χ1v) is 6.29. The van der Waals surface area contributed by atoms with Crippen molar-refractivity contribution in [2.45, 2.75) is 51.3 Å². The molecule has 0 aromatic rings. The molecule has 13 heavy (non-hydrogen) atoms. The maximum absolute atomic E-state index is 11.8. The van der Waals surface area contributed by atoms with Crippen molar-refractivity contribution in [1.82, 2.24) is 5.32 Å². The van der Waals surface area contributed by atoms with E-state index in [9.17, 15) is 4.21 Å². The maximum Gasteiger partial charge on any atom is 0.0394 e. The SMILES string of the molecule is CCCC(CS(=O)C(C)(C)C)NC. The summed E-state index contributed by atoms with van der Waals surface area (Å²) in [5, 5.41) is 3.21. The van der Waals surface area contributed by atoms with Crippen LogP contribution in [0.5, 0.6) is 0 Å². The number of hydrogen-bond acceptors (Lipinski definition) is 2. The van der Waals surface area contributed by atoms with Crippen molar-refractivity contribution in [1.29, 1.82) is 0 Å². The summed E-state index contributed by atoms with van der Waals surface area (Å²) in [5.41, 5.74) is 0. The molecule has 0 aliphatic rings. The highest BCUT2D eigenvalue weighted by atomic mass is 32.2. The van der Waals surface area contributed by atoms with Crippen LogP contribution in [0.15, 0.2) is 0 Å². The second-order valence-electron chi connectivity index (χ2n) is 4.40. The van der Waals surface area contributed by atoms with Crippen molar-refractivity contribution < 1.29 is 4.21 Å². The lowest BCUT2D eigenvalue weighted by Gasteiger charge is -2.22. The normalized spacial score (nSPS) is 17.0. The largest absolute Gasteiger partial charge is 0.316 e. The second kappa shape index (κ2) is 5.76. The molecule has 0 bridgehead atoms. The highest BCUT2D eigenvalue weighted by molar-refractivity contribution is 7.86. The Morgan fingerprint density at radius 2 is 1.92 bits per heavy atom. The fourth-order valence-electron chi connectivity index (χ4n) is 1.09. The van der Waals surface area contributed by atoms with Crippen LogP contribution < -0.4 is 5.32 Å². The highest BCUT2D eigenvalue weighted by Gasteiger charge is 2.21. The molecule has 0 aromatic carbocycles. The van der Waals surface area contributed by atoms with Crippen molar-refractivity contribution in [2.75, 3.05) is 12.8 Å². The van der Waals surface area contributed by atoms with E-state index in [1.54, 1.807) is 0 Å². The minimum Gasteiger partial charge on any atom is -0.316 e. The summed E-state index contributed by atoms with van der Waals surface area (Å²) in [4.78, 5) is 0. The number of rotatable bonds is 5. The van der Waals surface area contributed by atoms with Crippen LogP contribution in [-0.4, -0.2) is 27.8 Å². The molecule has 0 heterocycles. The van der Waals surface area contributed by atoms with Gasteiger partial charge >= 0.3 is 0 Å². The Bertz CT molecular complexity index is 163. The Hall–Kier alpha value is 0.110. The molecule has 0 aromatic heterocycles. The third-order valence-electron chi connectivity index (χ3n) is 2.08. The van der Waals surface area contributed by atoms with E-state index in [4.69, 9.17) is 0 Å². The zero-order valence-electron chi connectivity index (χ0n) is 9.52. The zero-order chi connectivity index (χ0) is 10.5. The van der Waals surface area contributed by atoms with Crippen molar-refractivity contribution in [2.24, 2.45) is 0 Å². The van der Waals surface area contributed by atoms with Gasteiger partial charge in [0.25, 0.3) is 0 Å². The quantitative estimate of drug-likeness (QED) is 0.743. The van der Waals surface area contributed by atoms with Gasteiger partial charge < -0.3 is 5.32 Å². The molecule has 0 saturated heterocycles. The Kier molecular flexibility index (Phi) is 5.81. The van der Waals surface area contributed by atoms with E-state index in [1.807, 2.05) is 27.8 Å². The molecule has 0 amide bonds. The van der Waals surface area contributed by atoms with Gasteiger partial charge in [-0.2, -0.15) is 0 Å². The van der Waals surface area contributed by atoms with Gasteiger partial charge in [0.1, 0.15) is 0 Å². The maximum atomic E-state index is 11.8. The molecule has 3 heteroatoms. The standard InChI is InChI=1S/C10H23NOS/c1-6-7-9(11-5)8-13(12)10(2,3)4/h9,11H,6-8H2,1-5H3. The van der Waals surface area contributed by atoms with Crippen molar-refractivity contribution in [3.63, 3.8) is 0 Å². The third-order valence-corrected chi connectivity index (χ3v) is 4.15. The summed E-state index contributed by atoms with van der Waals surface area (Å²) >= 11 is 0. The van der Waals surface area contributed by atoms with Crippen LogP contribution in [0.3, 0.4) is 0 Å². The Morgan fingerprint density at radius 3 is 2.23 bits per heavy atom. The smallest absolute Gasteiger partial charge is 0.0394 e. The van der Waals surface area contributed by atoms with Gasteiger partial charge in [0.15, 0.2) is 0 Å². The van der Waals surface area contributed by atoms with Crippen LogP contribution in [0.2, 0.25) is 0 Å². The summed E-state index contributed by atoms with van der Waals surface area (Å²) < 4.78 is 11.7. The van der Waals surface area contributed by atoms with Crippen molar-refractivity contribution >= 4 is 10.8 Å². The molecule has 0 rings (SSSR count). The lowest BCUT2D eigenvalue weighted by Crippen LogP contribution is -2.36. The van der Waals surface area contributed by atoms with Gasteiger partial charge in [-0.25, -0.2) is 0 Å². The highest BCUT2D eigenvalue weighted by Crippen LogP contribution is 2.13. The van der Waals surface area contributed by atoms with Crippen molar-refractivity contribution in [3.8, 4) is 0 Å². The van der Waals surface area contributed by atoms with E-state index in [1.165, 1.54) is 0 Å². The van der Waals surface area contributed by atoms with E-state index in [0.29, 0.717) is 6.04 Å². The lowest BCUT2D eigenvalue weighted by atomic mass is 10.2. The van der Waals surface area contributed by atoms with Gasteiger partial charge in [-0.3, -0.25) is 4.21 Å². The molecule has 80 valence electrons. The monoisotopic (exact) mass is 205 g/mol. The summed E-state index contributed by atoms with van der Waals surface area (Å²) in [6.07, 6.45) is 2.26. The van der Waals surface area contributed by atoms with Crippen LogP contribution in [0, 0.1) is 0 Å². The zero-order valence-corrected chi connectivity index (χ0v) is 10.3. The first-order valence-electron chi connectivity index (χ1n) is 4.97. The molecule has 0 aliphatic carbocycles. The molecule has 0 radical (unpaired) electrons. The van der Waals surface area contributed by atoms with E-state index in [0.717, 1.165) is 18.6 Å². The lowest BCUT2D eigenvalue weighted by molar-refractivity contribution is 0.551. The molecule has 2 atom stereocenters. The van der Waals surface area contributed by atoms with E-state index >= 15 is 0 Å². The van der Waals surface area contributed by atoms with Crippen LogP contribution >= 0.6 is 0 Å². The van der Waals surface area contributed by atoms with Gasteiger partial charge in [-0.15, -0.1) is 0 Å². The van der Waals surface area contributed by atoms with Gasteiger partial charge in [-0.05, 0) is 34.2 Å². The van der Waals surface area contributed by atoms with Gasteiger partial charge in [-0.1, -0.05) is 13.3 Å². The Labute approximate surface area is 84.9 Å². The van der Waals surface area contributed by atoms with Gasteiger partial charge in [0, 0.05) is 27.3 Å². The first kappa shape index (κ1) is 13.1. The van der Waals surface area contributed by atoms with Crippen LogP contribution in [0.25, 0.3) is 0 Å². The number of nitrogens with one attached hydrogen (secondary N) is 1.